The van der Waals surface area contributed by atoms with Crippen LogP contribution in [0, 0.1) is 0 Å². The van der Waals surface area contributed by atoms with Gasteiger partial charge in [0.25, 0.3) is 5.56 Å². The molecular formula is C19H17BrN4OS. The van der Waals surface area contributed by atoms with Gasteiger partial charge in [-0.1, -0.05) is 40.7 Å². The molecule has 5 nitrogen and oxygen atoms in total. The monoisotopic (exact) mass is 428 g/mol. The molecule has 0 radical (unpaired) electrons. The fourth-order valence-electron chi connectivity index (χ4n) is 2.90. The summed E-state index contributed by atoms with van der Waals surface area (Å²) in [5.41, 5.74) is 2.62. The van der Waals surface area contributed by atoms with E-state index >= 15 is 0 Å². The molecule has 0 bridgehead atoms. The average molecular weight is 429 g/mol. The first-order chi connectivity index (χ1) is 12.7. The predicted octanol–water partition coefficient (Wildman–Crippen LogP) is 4.51. The minimum atomic E-state index is 0.00986. The molecule has 0 fully saturated rings. The number of aromatic nitrogens is 4. The second-order valence-corrected chi connectivity index (χ2v) is 7.86. The molecule has 0 saturated carbocycles. The zero-order valence-electron chi connectivity index (χ0n) is 14.2. The topological polar surface area (TPSA) is 52.2 Å². The third kappa shape index (κ3) is 3.29. The number of rotatable bonds is 5. The zero-order chi connectivity index (χ0) is 18.1. The van der Waals surface area contributed by atoms with E-state index in [0.717, 1.165) is 32.9 Å². The number of thioether (sulfide) groups is 1. The van der Waals surface area contributed by atoms with Crippen LogP contribution in [0.4, 0.5) is 0 Å². The first kappa shape index (κ1) is 17.3. The molecule has 0 aliphatic rings. The lowest BCUT2D eigenvalue weighted by molar-refractivity contribution is 0.584. The van der Waals surface area contributed by atoms with Crippen LogP contribution in [0.15, 0.2) is 63.2 Å². The summed E-state index contributed by atoms with van der Waals surface area (Å²) < 4.78 is 4.66. The Bertz CT molecular complexity index is 1120. The van der Waals surface area contributed by atoms with E-state index in [4.69, 9.17) is 4.98 Å². The van der Waals surface area contributed by atoms with Crippen LogP contribution in [-0.4, -0.2) is 18.9 Å². The van der Waals surface area contributed by atoms with Crippen LogP contribution in [0.25, 0.3) is 16.6 Å². The van der Waals surface area contributed by atoms with Gasteiger partial charge in [0.15, 0.2) is 5.16 Å². The standard InChI is InChI=1S/C19H17BrN4OS/c1-2-8-24-18(25)15-10-13(20)6-7-16(15)22-19(24)26-12-14-11-23-9-4-3-5-17(23)21-14/h3-7,9-11H,2,8,12H2,1H3. The Morgan fingerprint density at radius 1 is 1.19 bits per heavy atom. The number of fused-ring (bicyclic) bond motifs is 2. The summed E-state index contributed by atoms with van der Waals surface area (Å²) in [7, 11) is 0. The molecule has 4 aromatic rings. The third-order valence-corrected chi connectivity index (χ3v) is 5.59. The molecule has 0 N–H and O–H groups in total. The van der Waals surface area contributed by atoms with Crippen LogP contribution in [0.3, 0.4) is 0 Å². The number of benzene rings is 1. The molecule has 3 aromatic heterocycles. The number of hydrogen-bond donors (Lipinski definition) is 0. The van der Waals surface area contributed by atoms with Crippen molar-refractivity contribution in [1.82, 2.24) is 18.9 Å². The summed E-state index contributed by atoms with van der Waals surface area (Å²) in [4.78, 5) is 22.3. The number of halogens is 1. The van der Waals surface area contributed by atoms with E-state index in [2.05, 4.69) is 27.8 Å². The highest BCUT2D eigenvalue weighted by molar-refractivity contribution is 9.10. The van der Waals surface area contributed by atoms with E-state index in [0.29, 0.717) is 17.7 Å². The summed E-state index contributed by atoms with van der Waals surface area (Å²) in [6.45, 7) is 2.72. The quantitative estimate of drug-likeness (QED) is 0.346. The van der Waals surface area contributed by atoms with Crippen LogP contribution in [0.5, 0.6) is 0 Å². The third-order valence-electron chi connectivity index (χ3n) is 4.09. The van der Waals surface area contributed by atoms with Gasteiger partial charge in [0.05, 0.1) is 16.6 Å². The van der Waals surface area contributed by atoms with Crippen molar-refractivity contribution in [3.63, 3.8) is 0 Å². The minimum Gasteiger partial charge on any atom is -0.307 e. The molecule has 3 heterocycles. The van der Waals surface area contributed by atoms with Gasteiger partial charge in [-0.2, -0.15) is 0 Å². The molecule has 132 valence electrons. The van der Waals surface area contributed by atoms with Crippen LogP contribution in [-0.2, 0) is 12.3 Å². The van der Waals surface area contributed by atoms with Crippen LogP contribution in [0.2, 0.25) is 0 Å². The minimum absolute atomic E-state index is 0.00986. The maximum absolute atomic E-state index is 12.9. The lowest BCUT2D eigenvalue weighted by Crippen LogP contribution is -2.23. The lowest BCUT2D eigenvalue weighted by Gasteiger charge is -2.12. The molecule has 7 heteroatoms. The molecule has 0 saturated heterocycles. The van der Waals surface area contributed by atoms with Gasteiger partial charge in [0.1, 0.15) is 5.65 Å². The molecule has 0 spiro atoms. The molecule has 0 aliphatic carbocycles. The van der Waals surface area contributed by atoms with E-state index in [9.17, 15) is 4.79 Å². The van der Waals surface area contributed by atoms with Crippen LogP contribution in [0.1, 0.15) is 19.0 Å². The fraction of sp³-hybridized carbons (Fsp3) is 0.211. The largest absolute Gasteiger partial charge is 0.307 e. The van der Waals surface area contributed by atoms with Gasteiger partial charge in [0, 0.05) is 29.2 Å². The summed E-state index contributed by atoms with van der Waals surface area (Å²) in [5.74, 6) is 0.667. The Kier molecular flexibility index (Phi) is 4.82. The summed E-state index contributed by atoms with van der Waals surface area (Å²) in [5, 5.41) is 1.38. The molecular weight excluding hydrogens is 412 g/mol. The Morgan fingerprint density at radius 3 is 2.88 bits per heavy atom. The fourth-order valence-corrected chi connectivity index (χ4v) is 4.17. The molecule has 0 atom stereocenters. The highest BCUT2D eigenvalue weighted by Gasteiger charge is 2.12. The first-order valence-corrected chi connectivity index (χ1v) is 10.2. The van der Waals surface area contributed by atoms with E-state index in [1.807, 2.05) is 53.2 Å². The molecule has 26 heavy (non-hydrogen) atoms. The Balaban J connectivity index is 1.71. The lowest BCUT2D eigenvalue weighted by atomic mass is 10.2. The molecule has 0 aliphatic heterocycles. The van der Waals surface area contributed by atoms with E-state index in [-0.39, 0.29) is 5.56 Å². The van der Waals surface area contributed by atoms with E-state index < -0.39 is 0 Å². The smallest absolute Gasteiger partial charge is 0.262 e. The maximum Gasteiger partial charge on any atom is 0.262 e. The van der Waals surface area contributed by atoms with E-state index in [1.54, 1.807) is 16.3 Å². The van der Waals surface area contributed by atoms with Gasteiger partial charge in [-0.3, -0.25) is 9.36 Å². The highest BCUT2D eigenvalue weighted by atomic mass is 79.9. The van der Waals surface area contributed by atoms with Crippen LogP contribution >= 0.6 is 27.7 Å². The molecule has 4 rings (SSSR count). The Labute approximate surface area is 163 Å². The molecule has 1 aromatic carbocycles. The first-order valence-electron chi connectivity index (χ1n) is 8.41. The second kappa shape index (κ2) is 7.25. The van der Waals surface area contributed by atoms with Gasteiger partial charge >= 0.3 is 0 Å². The van der Waals surface area contributed by atoms with Crippen molar-refractivity contribution in [2.24, 2.45) is 0 Å². The second-order valence-electron chi connectivity index (χ2n) is 6.00. The van der Waals surface area contributed by atoms with Crippen molar-refractivity contribution in [2.45, 2.75) is 30.8 Å². The number of nitrogens with zero attached hydrogens (tertiary/aromatic N) is 4. The summed E-state index contributed by atoms with van der Waals surface area (Å²) in [6.07, 6.45) is 4.88. The zero-order valence-corrected chi connectivity index (χ0v) is 16.6. The van der Waals surface area contributed by atoms with Gasteiger partial charge in [-0.25, -0.2) is 9.97 Å². The van der Waals surface area contributed by atoms with Gasteiger partial charge in [-0.15, -0.1) is 0 Å². The summed E-state index contributed by atoms with van der Waals surface area (Å²) >= 11 is 4.99. The SMILES string of the molecule is CCCn1c(SCc2cn3ccccc3n2)nc2ccc(Br)cc2c1=O. The average Bonchev–Trinajstić information content (AvgIpc) is 3.06. The highest BCUT2D eigenvalue weighted by Crippen LogP contribution is 2.23. The van der Waals surface area contributed by atoms with E-state index in [1.165, 1.54) is 0 Å². The van der Waals surface area contributed by atoms with Crippen molar-refractivity contribution in [1.29, 1.82) is 0 Å². The van der Waals surface area contributed by atoms with Crippen molar-refractivity contribution < 1.29 is 0 Å². The number of imidazole rings is 1. The predicted molar refractivity (Wildman–Crippen MR) is 109 cm³/mol. The van der Waals surface area contributed by atoms with Crippen molar-refractivity contribution in [2.75, 3.05) is 0 Å². The normalized spacial score (nSPS) is 11.5. The Morgan fingerprint density at radius 2 is 2.08 bits per heavy atom. The Hall–Kier alpha value is -2.12. The summed E-state index contributed by atoms with van der Waals surface area (Å²) in [6, 6.07) is 11.6. The van der Waals surface area contributed by atoms with Gasteiger partial charge < -0.3 is 4.40 Å². The number of hydrogen-bond acceptors (Lipinski definition) is 4. The van der Waals surface area contributed by atoms with Crippen molar-refractivity contribution in [3.05, 3.63) is 69.3 Å². The van der Waals surface area contributed by atoms with Crippen LogP contribution < -0.4 is 5.56 Å². The van der Waals surface area contributed by atoms with Gasteiger partial charge in [0.2, 0.25) is 0 Å². The molecule has 0 unspecified atom stereocenters. The molecule has 0 amide bonds. The van der Waals surface area contributed by atoms with Gasteiger partial charge in [-0.05, 0) is 36.8 Å². The maximum atomic E-state index is 12.9. The van der Waals surface area contributed by atoms with Crippen molar-refractivity contribution >= 4 is 44.2 Å². The number of pyridine rings is 1. The van der Waals surface area contributed by atoms with Crippen molar-refractivity contribution in [3.8, 4) is 0 Å².